The standard InChI is InChI=1S/C11H20N2O2S/c1-7-4-5-13(8(7)6-14)10(15)11(2,3)9(12)16/h7-8,14H,4-6H2,1-3H3,(H2,12,16). The van der Waals surface area contributed by atoms with Crippen LogP contribution in [0.5, 0.6) is 0 Å². The normalized spacial score (nSPS) is 25.9. The second kappa shape index (κ2) is 4.67. The zero-order chi connectivity index (χ0) is 12.5. The number of amides is 1. The molecule has 1 aliphatic heterocycles. The van der Waals surface area contributed by atoms with E-state index in [0.717, 1.165) is 6.42 Å². The molecular weight excluding hydrogens is 224 g/mol. The second-order valence-electron chi connectivity index (χ2n) is 5.00. The van der Waals surface area contributed by atoms with Crippen LogP contribution in [0.1, 0.15) is 27.2 Å². The molecule has 0 aromatic rings. The Morgan fingerprint density at radius 1 is 1.62 bits per heavy atom. The maximum Gasteiger partial charge on any atom is 0.235 e. The fraction of sp³-hybridized carbons (Fsp3) is 0.818. The molecule has 0 saturated carbocycles. The van der Waals surface area contributed by atoms with Crippen molar-refractivity contribution < 1.29 is 9.90 Å². The first-order valence-corrected chi connectivity index (χ1v) is 5.95. The van der Waals surface area contributed by atoms with Crippen molar-refractivity contribution in [2.75, 3.05) is 13.2 Å². The van der Waals surface area contributed by atoms with E-state index in [0.29, 0.717) is 12.5 Å². The molecule has 2 unspecified atom stereocenters. The molecule has 0 aromatic carbocycles. The third kappa shape index (κ3) is 2.20. The molecule has 1 rings (SSSR count). The van der Waals surface area contributed by atoms with Crippen LogP contribution >= 0.6 is 12.2 Å². The van der Waals surface area contributed by atoms with Gasteiger partial charge in [-0.1, -0.05) is 19.1 Å². The quantitative estimate of drug-likeness (QED) is 0.711. The summed E-state index contributed by atoms with van der Waals surface area (Å²) < 4.78 is 0. The van der Waals surface area contributed by atoms with E-state index in [4.69, 9.17) is 18.0 Å². The van der Waals surface area contributed by atoms with E-state index in [2.05, 4.69) is 0 Å². The number of nitrogens with zero attached hydrogens (tertiary/aromatic N) is 1. The van der Waals surface area contributed by atoms with Gasteiger partial charge in [-0.15, -0.1) is 0 Å². The maximum atomic E-state index is 12.3. The molecule has 4 nitrogen and oxygen atoms in total. The van der Waals surface area contributed by atoms with Gasteiger partial charge >= 0.3 is 0 Å². The van der Waals surface area contributed by atoms with E-state index in [1.54, 1.807) is 18.7 Å². The van der Waals surface area contributed by atoms with Crippen molar-refractivity contribution in [3.05, 3.63) is 0 Å². The Bertz CT molecular complexity index is 304. The number of aliphatic hydroxyl groups excluding tert-OH is 1. The van der Waals surface area contributed by atoms with Crippen molar-refractivity contribution >= 4 is 23.1 Å². The van der Waals surface area contributed by atoms with Gasteiger partial charge in [0.25, 0.3) is 0 Å². The number of hydrogen-bond donors (Lipinski definition) is 2. The molecular formula is C11H20N2O2S. The molecule has 1 heterocycles. The van der Waals surface area contributed by atoms with Crippen molar-refractivity contribution in [3.8, 4) is 0 Å². The van der Waals surface area contributed by atoms with E-state index >= 15 is 0 Å². The molecule has 92 valence electrons. The van der Waals surface area contributed by atoms with Crippen LogP contribution in [0, 0.1) is 11.3 Å². The Hall–Kier alpha value is -0.680. The Morgan fingerprint density at radius 2 is 2.19 bits per heavy atom. The van der Waals surface area contributed by atoms with Crippen LogP contribution in [0.25, 0.3) is 0 Å². The summed E-state index contributed by atoms with van der Waals surface area (Å²) in [6, 6.07) is -0.0962. The predicted octanol–water partition coefficient (Wildman–Crippen LogP) is 0.528. The number of nitrogens with two attached hydrogens (primary N) is 1. The largest absolute Gasteiger partial charge is 0.394 e. The van der Waals surface area contributed by atoms with Crippen LogP contribution in [0.3, 0.4) is 0 Å². The fourth-order valence-electron chi connectivity index (χ4n) is 2.00. The van der Waals surface area contributed by atoms with Crippen LogP contribution in [-0.4, -0.2) is 40.1 Å². The fourth-order valence-corrected chi connectivity index (χ4v) is 2.09. The molecule has 2 atom stereocenters. The van der Waals surface area contributed by atoms with Gasteiger partial charge in [-0.05, 0) is 26.2 Å². The van der Waals surface area contributed by atoms with Gasteiger partial charge in [0.2, 0.25) is 5.91 Å². The number of hydrogen-bond acceptors (Lipinski definition) is 3. The van der Waals surface area contributed by atoms with Crippen molar-refractivity contribution in [2.45, 2.75) is 33.2 Å². The van der Waals surface area contributed by atoms with E-state index < -0.39 is 5.41 Å². The van der Waals surface area contributed by atoms with Gasteiger partial charge in [0.05, 0.1) is 23.1 Å². The van der Waals surface area contributed by atoms with Crippen molar-refractivity contribution in [2.24, 2.45) is 17.1 Å². The van der Waals surface area contributed by atoms with Crippen LogP contribution in [0.15, 0.2) is 0 Å². The summed E-state index contributed by atoms with van der Waals surface area (Å²) in [6.07, 6.45) is 0.921. The summed E-state index contributed by atoms with van der Waals surface area (Å²) in [6.45, 7) is 6.18. The Kier molecular flexibility index (Phi) is 3.91. The first kappa shape index (κ1) is 13.4. The van der Waals surface area contributed by atoms with Gasteiger partial charge in [0.15, 0.2) is 0 Å². The number of carbonyl (C=O) groups excluding carboxylic acids is 1. The molecule has 0 spiro atoms. The lowest BCUT2D eigenvalue weighted by Gasteiger charge is -2.32. The topological polar surface area (TPSA) is 66.6 Å². The zero-order valence-electron chi connectivity index (χ0n) is 10.1. The summed E-state index contributed by atoms with van der Waals surface area (Å²) in [5, 5.41) is 9.30. The number of thiocarbonyl (C=S) groups is 1. The van der Waals surface area contributed by atoms with Crippen LogP contribution in [-0.2, 0) is 4.79 Å². The third-order valence-corrected chi connectivity index (χ3v) is 3.99. The van der Waals surface area contributed by atoms with Gasteiger partial charge in [0.1, 0.15) is 0 Å². The summed E-state index contributed by atoms with van der Waals surface area (Å²) in [7, 11) is 0. The number of aliphatic hydroxyl groups is 1. The first-order chi connectivity index (χ1) is 7.32. The molecule has 0 aliphatic carbocycles. The summed E-state index contributed by atoms with van der Waals surface area (Å²) in [5.74, 6) is 0.250. The van der Waals surface area contributed by atoms with Gasteiger partial charge in [-0.25, -0.2) is 0 Å². The minimum atomic E-state index is -0.827. The summed E-state index contributed by atoms with van der Waals surface area (Å²) in [5.41, 5.74) is 4.76. The lowest BCUT2D eigenvalue weighted by Crippen LogP contribution is -2.50. The van der Waals surface area contributed by atoms with Gasteiger partial charge < -0.3 is 15.7 Å². The van der Waals surface area contributed by atoms with E-state index in [1.807, 2.05) is 6.92 Å². The lowest BCUT2D eigenvalue weighted by atomic mass is 9.91. The smallest absolute Gasteiger partial charge is 0.235 e. The van der Waals surface area contributed by atoms with Gasteiger partial charge in [-0.3, -0.25) is 4.79 Å². The SMILES string of the molecule is CC1CCN(C(=O)C(C)(C)C(N)=S)C1CO. The molecule has 0 bridgehead atoms. The number of likely N-dealkylation sites (tertiary alicyclic amines) is 1. The highest BCUT2D eigenvalue weighted by Gasteiger charge is 2.41. The predicted molar refractivity (Wildman–Crippen MR) is 66.9 cm³/mol. The lowest BCUT2D eigenvalue weighted by molar-refractivity contribution is -0.138. The molecule has 5 heteroatoms. The zero-order valence-corrected chi connectivity index (χ0v) is 10.9. The number of carbonyl (C=O) groups is 1. The number of rotatable bonds is 3. The van der Waals surface area contributed by atoms with Crippen LogP contribution in [0.2, 0.25) is 0 Å². The van der Waals surface area contributed by atoms with Crippen molar-refractivity contribution in [1.29, 1.82) is 0 Å². The molecule has 3 N–H and O–H groups in total. The monoisotopic (exact) mass is 244 g/mol. The van der Waals surface area contributed by atoms with Gasteiger partial charge in [-0.2, -0.15) is 0 Å². The van der Waals surface area contributed by atoms with E-state index in [-0.39, 0.29) is 23.5 Å². The Balaban J connectivity index is 2.86. The van der Waals surface area contributed by atoms with Crippen molar-refractivity contribution in [1.82, 2.24) is 4.90 Å². The summed E-state index contributed by atoms with van der Waals surface area (Å²) >= 11 is 4.92. The molecule has 0 radical (unpaired) electrons. The molecule has 1 saturated heterocycles. The minimum absolute atomic E-state index is 0.000317. The van der Waals surface area contributed by atoms with E-state index in [9.17, 15) is 9.90 Å². The Morgan fingerprint density at radius 3 is 2.62 bits per heavy atom. The molecule has 1 aliphatic rings. The van der Waals surface area contributed by atoms with Crippen LogP contribution < -0.4 is 5.73 Å². The third-order valence-electron chi connectivity index (χ3n) is 3.48. The van der Waals surface area contributed by atoms with Gasteiger partial charge in [0, 0.05) is 6.54 Å². The highest BCUT2D eigenvalue weighted by atomic mass is 32.1. The second-order valence-corrected chi connectivity index (χ2v) is 5.44. The van der Waals surface area contributed by atoms with E-state index in [1.165, 1.54) is 0 Å². The summed E-state index contributed by atoms with van der Waals surface area (Å²) in [4.78, 5) is 14.2. The highest BCUT2D eigenvalue weighted by Crippen LogP contribution is 2.29. The molecule has 1 fully saturated rings. The average molecular weight is 244 g/mol. The average Bonchev–Trinajstić information content (AvgIpc) is 2.57. The Labute approximate surface area is 102 Å². The molecule has 1 amide bonds. The van der Waals surface area contributed by atoms with Crippen molar-refractivity contribution in [3.63, 3.8) is 0 Å². The first-order valence-electron chi connectivity index (χ1n) is 5.54. The molecule has 0 aromatic heterocycles. The molecule has 16 heavy (non-hydrogen) atoms. The highest BCUT2D eigenvalue weighted by molar-refractivity contribution is 7.80. The van der Waals surface area contributed by atoms with Crippen LogP contribution in [0.4, 0.5) is 0 Å². The maximum absolute atomic E-state index is 12.3. The minimum Gasteiger partial charge on any atom is -0.394 e.